The van der Waals surface area contributed by atoms with E-state index in [-0.39, 0.29) is 11.5 Å². The molecule has 0 saturated carbocycles. The van der Waals surface area contributed by atoms with E-state index in [9.17, 15) is 0 Å². The maximum absolute atomic E-state index is 6.29. The summed E-state index contributed by atoms with van der Waals surface area (Å²) < 4.78 is 34.1. The lowest BCUT2D eigenvalue weighted by Gasteiger charge is -2.35. The van der Waals surface area contributed by atoms with Crippen LogP contribution in [0.3, 0.4) is 0 Å². The molecule has 0 aliphatic carbocycles. The van der Waals surface area contributed by atoms with E-state index in [1.807, 2.05) is 18.2 Å². The molecule has 0 amide bonds. The van der Waals surface area contributed by atoms with E-state index in [1.165, 1.54) is 5.56 Å². The van der Waals surface area contributed by atoms with Gasteiger partial charge >= 0.3 is 0 Å². The van der Waals surface area contributed by atoms with E-state index in [4.69, 9.17) is 28.4 Å². The third kappa shape index (κ3) is 12.0. The fourth-order valence-corrected chi connectivity index (χ4v) is 2.79. The van der Waals surface area contributed by atoms with Gasteiger partial charge in [0.25, 0.3) is 0 Å². The minimum Gasteiger partial charge on any atom is -0.382 e. The molecule has 0 bridgehead atoms. The van der Waals surface area contributed by atoms with Gasteiger partial charge < -0.3 is 28.4 Å². The van der Waals surface area contributed by atoms with Crippen LogP contribution < -0.4 is 0 Å². The summed E-state index contributed by atoms with van der Waals surface area (Å²) >= 11 is 0. The van der Waals surface area contributed by atoms with E-state index in [1.54, 1.807) is 14.2 Å². The normalized spacial score (nSPS) is 12.6. The number of ether oxygens (including phenoxy) is 6. The maximum Gasteiger partial charge on any atom is 0.0724 e. The third-order valence-corrected chi connectivity index (χ3v) is 5.14. The highest BCUT2D eigenvalue weighted by molar-refractivity contribution is 5.13. The number of hydrogen-bond donors (Lipinski definition) is 0. The molecule has 0 radical (unpaired) electrons. The zero-order chi connectivity index (χ0) is 22.3. The Hall–Kier alpha value is -1.02. The van der Waals surface area contributed by atoms with E-state index in [0.717, 1.165) is 6.42 Å². The number of benzene rings is 1. The molecule has 0 unspecified atom stereocenters. The van der Waals surface area contributed by atoms with Crippen molar-refractivity contribution in [2.75, 3.05) is 60.5 Å². The minimum atomic E-state index is -0.393. The van der Waals surface area contributed by atoms with Crippen LogP contribution in [0, 0.1) is 5.92 Å². The van der Waals surface area contributed by atoms with Crippen molar-refractivity contribution in [1.82, 2.24) is 0 Å². The van der Waals surface area contributed by atoms with Crippen LogP contribution in [0.2, 0.25) is 0 Å². The van der Waals surface area contributed by atoms with Crippen molar-refractivity contribution in [1.29, 1.82) is 0 Å². The molecule has 30 heavy (non-hydrogen) atoms. The topological polar surface area (TPSA) is 55.4 Å². The van der Waals surface area contributed by atoms with Gasteiger partial charge in [0.2, 0.25) is 0 Å². The van der Waals surface area contributed by atoms with Gasteiger partial charge in [0.15, 0.2) is 0 Å². The fourth-order valence-electron chi connectivity index (χ4n) is 2.79. The SMILES string of the molecule is COCCOCC(COCCOC)C(C)(C)OCCC(C)(C)OCc1ccccc1. The highest BCUT2D eigenvalue weighted by Gasteiger charge is 2.32. The van der Waals surface area contributed by atoms with Gasteiger partial charge in [0, 0.05) is 20.1 Å². The predicted molar refractivity (Wildman–Crippen MR) is 119 cm³/mol. The molecule has 0 heterocycles. The summed E-state index contributed by atoms with van der Waals surface area (Å²) in [4.78, 5) is 0. The molecule has 1 aromatic rings. The van der Waals surface area contributed by atoms with Crippen molar-refractivity contribution in [2.24, 2.45) is 5.92 Å². The summed E-state index contributed by atoms with van der Waals surface area (Å²) in [5.74, 6) is 0.0968. The summed E-state index contributed by atoms with van der Waals surface area (Å²) in [6.07, 6.45) is 0.797. The van der Waals surface area contributed by atoms with Crippen LogP contribution in [0.25, 0.3) is 0 Å². The minimum absolute atomic E-state index is 0.0968. The molecule has 0 atom stereocenters. The largest absolute Gasteiger partial charge is 0.382 e. The first-order chi connectivity index (χ1) is 14.3. The molecule has 0 spiro atoms. The first-order valence-electron chi connectivity index (χ1n) is 10.8. The second-order valence-corrected chi connectivity index (χ2v) is 8.57. The Kier molecular flexibility index (Phi) is 13.4. The Morgan fingerprint density at radius 2 is 1.30 bits per heavy atom. The summed E-state index contributed by atoms with van der Waals surface area (Å²) in [6.45, 7) is 13.0. The second kappa shape index (κ2) is 14.9. The van der Waals surface area contributed by atoms with Crippen LogP contribution in [0.5, 0.6) is 0 Å². The lowest BCUT2D eigenvalue weighted by molar-refractivity contribution is -0.126. The van der Waals surface area contributed by atoms with Crippen LogP contribution in [0.1, 0.15) is 39.7 Å². The Morgan fingerprint density at radius 1 is 0.733 bits per heavy atom. The van der Waals surface area contributed by atoms with Gasteiger partial charge in [0.1, 0.15) is 0 Å². The van der Waals surface area contributed by atoms with Crippen LogP contribution >= 0.6 is 0 Å². The Balaban J connectivity index is 2.48. The molecule has 0 aromatic heterocycles. The van der Waals surface area contributed by atoms with Gasteiger partial charge in [-0.1, -0.05) is 30.3 Å². The Bertz CT molecular complexity index is 520. The molecule has 0 fully saturated rings. The molecule has 0 saturated heterocycles. The van der Waals surface area contributed by atoms with Crippen molar-refractivity contribution in [2.45, 2.75) is 51.9 Å². The lowest BCUT2D eigenvalue weighted by atomic mass is 9.92. The average molecular weight is 427 g/mol. The molecule has 0 N–H and O–H groups in total. The van der Waals surface area contributed by atoms with E-state index >= 15 is 0 Å². The third-order valence-electron chi connectivity index (χ3n) is 5.14. The number of methoxy groups -OCH3 is 2. The molecule has 0 aliphatic heterocycles. The van der Waals surface area contributed by atoms with E-state index in [2.05, 4.69) is 39.8 Å². The molecule has 1 rings (SSSR count). The monoisotopic (exact) mass is 426 g/mol. The van der Waals surface area contributed by atoms with Crippen molar-refractivity contribution >= 4 is 0 Å². The van der Waals surface area contributed by atoms with Crippen LogP contribution in [0.4, 0.5) is 0 Å². The lowest BCUT2D eigenvalue weighted by Crippen LogP contribution is -2.42. The Morgan fingerprint density at radius 3 is 1.83 bits per heavy atom. The van der Waals surface area contributed by atoms with Crippen molar-refractivity contribution in [3.8, 4) is 0 Å². The van der Waals surface area contributed by atoms with Crippen LogP contribution in [-0.4, -0.2) is 71.7 Å². The highest BCUT2D eigenvalue weighted by Crippen LogP contribution is 2.25. The molecule has 6 heteroatoms. The molecule has 174 valence electrons. The van der Waals surface area contributed by atoms with Gasteiger partial charge in [-0.2, -0.15) is 0 Å². The summed E-state index contributed by atoms with van der Waals surface area (Å²) in [7, 11) is 3.34. The maximum atomic E-state index is 6.29. The molecular formula is C24H42O6. The number of rotatable bonds is 18. The van der Waals surface area contributed by atoms with Gasteiger partial charge in [-0.25, -0.2) is 0 Å². The molecular weight excluding hydrogens is 384 g/mol. The molecule has 0 aliphatic rings. The van der Waals surface area contributed by atoms with Gasteiger partial charge in [-0.3, -0.25) is 0 Å². The second-order valence-electron chi connectivity index (χ2n) is 8.57. The average Bonchev–Trinajstić information content (AvgIpc) is 2.71. The summed E-state index contributed by atoms with van der Waals surface area (Å²) in [6, 6.07) is 10.2. The van der Waals surface area contributed by atoms with E-state index in [0.29, 0.717) is 52.9 Å². The van der Waals surface area contributed by atoms with Gasteiger partial charge in [-0.15, -0.1) is 0 Å². The first kappa shape index (κ1) is 27.0. The van der Waals surface area contributed by atoms with E-state index < -0.39 is 5.60 Å². The standard InChI is InChI=1S/C24H42O6/c1-23(2,30-18-21-10-8-7-9-11-21)12-13-29-24(3,4)22(19-27-16-14-25-5)20-28-17-15-26-6/h7-11,22H,12-20H2,1-6H3. The smallest absolute Gasteiger partial charge is 0.0724 e. The van der Waals surface area contributed by atoms with Crippen molar-refractivity contribution in [3.63, 3.8) is 0 Å². The Labute approximate surface area is 183 Å². The highest BCUT2D eigenvalue weighted by atomic mass is 16.5. The zero-order valence-corrected chi connectivity index (χ0v) is 19.8. The van der Waals surface area contributed by atoms with Gasteiger partial charge in [0.05, 0.1) is 64.1 Å². The van der Waals surface area contributed by atoms with Crippen molar-refractivity contribution in [3.05, 3.63) is 35.9 Å². The van der Waals surface area contributed by atoms with Crippen LogP contribution in [-0.2, 0) is 35.0 Å². The fraction of sp³-hybridized carbons (Fsp3) is 0.750. The molecule has 1 aromatic carbocycles. The van der Waals surface area contributed by atoms with Crippen LogP contribution in [0.15, 0.2) is 30.3 Å². The predicted octanol–water partition coefficient (Wildman–Crippen LogP) is 4.11. The van der Waals surface area contributed by atoms with Crippen molar-refractivity contribution < 1.29 is 28.4 Å². The number of hydrogen-bond acceptors (Lipinski definition) is 6. The first-order valence-corrected chi connectivity index (χ1v) is 10.8. The van der Waals surface area contributed by atoms with Gasteiger partial charge in [-0.05, 0) is 39.7 Å². The quantitative estimate of drug-likeness (QED) is 0.329. The summed E-state index contributed by atoms with van der Waals surface area (Å²) in [5, 5.41) is 0. The molecule has 6 nitrogen and oxygen atoms in total. The summed E-state index contributed by atoms with van der Waals surface area (Å²) in [5.41, 5.74) is 0.509. The zero-order valence-electron chi connectivity index (χ0n) is 19.8.